The van der Waals surface area contributed by atoms with E-state index in [-0.39, 0.29) is 6.61 Å². The SMILES string of the molecule is O=NC1(CO)COC(O)(CO)CO1. The molecule has 0 spiro atoms. The average molecular weight is 193 g/mol. The molecule has 0 aromatic carbocycles. The third-order valence-corrected chi connectivity index (χ3v) is 1.79. The van der Waals surface area contributed by atoms with E-state index in [1.807, 2.05) is 0 Å². The van der Waals surface area contributed by atoms with E-state index in [0.29, 0.717) is 0 Å². The summed E-state index contributed by atoms with van der Waals surface area (Å²) < 4.78 is 9.55. The molecule has 0 saturated carbocycles. The van der Waals surface area contributed by atoms with Crippen molar-refractivity contribution in [3.05, 3.63) is 4.91 Å². The van der Waals surface area contributed by atoms with Crippen molar-refractivity contribution in [3.8, 4) is 0 Å². The monoisotopic (exact) mass is 193 g/mol. The Kier molecular flexibility index (Phi) is 2.94. The Morgan fingerprint density at radius 1 is 1.23 bits per heavy atom. The largest absolute Gasteiger partial charge is 0.391 e. The van der Waals surface area contributed by atoms with Crippen molar-refractivity contribution in [2.24, 2.45) is 5.18 Å². The number of hydrogen-bond acceptors (Lipinski definition) is 7. The number of ether oxygens (including phenoxy) is 2. The van der Waals surface area contributed by atoms with Gasteiger partial charge in [0.2, 0.25) is 11.5 Å². The quantitative estimate of drug-likeness (QED) is 0.455. The molecule has 0 aliphatic carbocycles. The van der Waals surface area contributed by atoms with E-state index >= 15 is 0 Å². The molecule has 1 rings (SSSR count). The molecule has 3 N–H and O–H groups in total. The lowest BCUT2D eigenvalue weighted by atomic mass is 10.2. The molecule has 2 unspecified atom stereocenters. The van der Waals surface area contributed by atoms with Gasteiger partial charge in [0.1, 0.15) is 13.2 Å². The van der Waals surface area contributed by atoms with Gasteiger partial charge in [-0.25, -0.2) is 0 Å². The summed E-state index contributed by atoms with van der Waals surface area (Å²) in [6, 6.07) is 0. The smallest absolute Gasteiger partial charge is 0.247 e. The second-order valence-corrected chi connectivity index (χ2v) is 2.88. The maximum Gasteiger partial charge on any atom is 0.247 e. The summed E-state index contributed by atoms with van der Waals surface area (Å²) in [5.74, 6) is -1.80. The second-order valence-electron chi connectivity index (χ2n) is 2.88. The van der Waals surface area contributed by atoms with Gasteiger partial charge in [0.05, 0.1) is 13.2 Å². The predicted octanol–water partition coefficient (Wildman–Crippen LogP) is -1.83. The average Bonchev–Trinajstić information content (AvgIpc) is 2.20. The van der Waals surface area contributed by atoms with Gasteiger partial charge in [-0.15, -0.1) is 4.91 Å². The molecule has 0 bridgehead atoms. The van der Waals surface area contributed by atoms with Crippen LogP contribution in [-0.4, -0.2) is 53.3 Å². The van der Waals surface area contributed by atoms with E-state index in [1.54, 1.807) is 0 Å². The Labute approximate surface area is 73.9 Å². The van der Waals surface area contributed by atoms with Crippen molar-refractivity contribution in [1.29, 1.82) is 0 Å². The first kappa shape index (κ1) is 10.5. The normalized spacial score (nSPS) is 40.2. The lowest BCUT2D eigenvalue weighted by Gasteiger charge is -2.37. The molecular formula is C6H11NO6. The topological polar surface area (TPSA) is 109 Å². The van der Waals surface area contributed by atoms with E-state index in [4.69, 9.17) is 19.7 Å². The lowest BCUT2D eigenvalue weighted by Crippen LogP contribution is -2.55. The number of nitrogens with zero attached hydrogens (tertiary/aromatic N) is 1. The second kappa shape index (κ2) is 3.64. The van der Waals surface area contributed by atoms with Crippen molar-refractivity contribution >= 4 is 0 Å². The maximum atomic E-state index is 10.3. The summed E-state index contributed by atoms with van der Waals surface area (Å²) in [5, 5.41) is 29.2. The molecule has 1 fully saturated rings. The van der Waals surface area contributed by atoms with Crippen molar-refractivity contribution in [2.45, 2.75) is 11.5 Å². The van der Waals surface area contributed by atoms with Crippen LogP contribution in [0.4, 0.5) is 0 Å². The zero-order valence-corrected chi connectivity index (χ0v) is 6.84. The van der Waals surface area contributed by atoms with Gasteiger partial charge in [-0.3, -0.25) is 0 Å². The van der Waals surface area contributed by atoms with Crippen molar-refractivity contribution in [1.82, 2.24) is 0 Å². The highest BCUT2D eigenvalue weighted by Gasteiger charge is 2.44. The molecule has 1 saturated heterocycles. The van der Waals surface area contributed by atoms with Gasteiger partial charge in [-0.05, 0) is 5.18 Å². The summed E-state index contributed by atoms with van der Waals surface area (Å²) >= 11 is 0. The number of hydrogen-bond donors (Lipinski definition) is 3. The third-order valence-electron chi connectivity index (χ3n) is 1.79. The van der Waals surface area contributed by atoms with Gasteiger partial charge in [0, 0.05) is 0 Å². The van der Waals surface area contributed by atoms with Crippen LogP contribution in [0.3, 0.4) is 0 Å². The van der Waals surface area contributed by atoms with E-state index < -0.39 is 31.3 Å². The molecule has 0 radical (unpaired) electrons. The summed E-state index contributed by atoms with van der Waals surface area (Å²) in [4.78, 5) is 10.3. The Balaban J connectivity index is 2.59. The Bertz CT molecular complexity index is 188. The fourth-order valence-electron chi connectivity index (χ4n) is 0.842. The molecule has 1 aliphatic heterocycles. The van der Waals surface area contributed by atoms with Crippen LogP contribution in [-0.2, 0) is 9.47 Å². The zero-order chi connectivity index (χ0) is 9.95. The van der Waals surface area contributed by atoms with Crippen molar-refractivity contribution in [3.63, 3.8) is 0 Å². The van der Waals surface area contributed by atoms with Crippen LogP contribution in [0, 0.1) is 4.91 Å². The first-order chi connectivity index (χ1) is 6.10. The Morgan fingerprint density at radius 3 is 2.23 bits per heavy atom. The Hall–Kier alpha value is -0.600. The molecule has 1 heterocycles. The van der Waals surface area contributed by atoms with Crippen LogP contribution >= 0.6 is 0 Å². The molecule has 13 heavy (non-hydrogen) atoms. The number of aliphatic hydroxyl groups excluding tert-OH is 2. The van der Waals surface area contributed by atoms with Crippen molar-refractivity contribution < 1.29 is 24.8 Å². The molecule has 7 heteroatoms. The van der Waals surface area contributed by atoms with Crippen LogP contribution in [0.2, 0.25) is 0 Å². The van der Waals surface area contributed by atoms with E-state index in [9.17, 15) is 10.0 Å². The van der Waals surface area contributed by atoms with Crippen LogP contribution < -0.4 is 0 Å². The standard InChI is InChI=1S/C6H11NO6/c8-1-5(7-11)3-13-6(10,2-9)4-12-5/h8-10H,1-4H2. The number of nitroso groups, excluding NO2 is 1. The zero-order valence-electron chi connectivity index (χ0n) is 6.84. The fourth-order valence-corrected chi connectivity index (χ4v) is 0.842. The molecular weight excluding hydrogens is 182 g/mol. The number of rotatable bonds is 3. The minimum absolute atomic E-state index is 0.385. The number of aliphatic hydroxyl groups is 3. The highest BCUT2D eigenvalue weighted by molar-refractivity contribution is 4.83. The van der Waals surface area contributed by atoms with Gasteiger partial charge in [-0.2, -0.15) is 0 Å². The predicted molar refractivity (Wildman–Crippen MR) is 39.6 cm³/mol. The van der Waals surface area contributed by atoms with Crippen LogP contribution in [0.1, 0.15) is 0 Å². The first-order valence-corrected chi connectivity index (χ1v) is 3.66. The third kappa shape index (κ3) is 2.01. The first-order valence-electron chi connectivity index (χ1n) is 3.66. The molecule has 1 aliphatic rings. The van der Waals surface area contributed by atoms with E-state index in [0.717, 1.165) is 0 Å². The highest BCUT2D eigenvalue weighted by atomic mass is 16.7. The highest BCUT2D eigenvalue weighted by Crippen LogP contribution is 2.24. The molecule has 76 valence electrons. The minimum atomic E-state index is -1.80. The van der Waals surface area contributed by atoms with Gasteiger partial charge >= 0.3 is 0 Å². The summed E-state index contributed by atoms with van der Waals surface area (Å²) in [5.41, 5.74) is -1.65. The molecule has 7 nitrogen and oxygen atoms in total. The Morgan fingerprint density at radius 2 is 1.92 bits per heavy atom. The fraction of sp³-hybridized carbons (Fsp3) is 1.00. The van der Waals surface area contributed by atoms with E-state index in [2.05, 4.69) is 5.18 Å². The molecule has 0 amide bonds. The van der Waals surface area contributed by atoms with Crippen LogP contribution in [0.25, 0.3) is 0 Å². The summed E-state index contributed by atoms with van der Waals surface area (Å²) in [6.45, 7) is -2.06. The van der Waals surface area contributed by atoms with Gasteiger partial charge in [0.15, 0.2) is 0 Å². The van der Waals surface area contributed by atoms with Crippen LogP contribution in [0.5, 0.6) is 0 Å². The van der Waals surface area contributed by atoms with Gasteiger partial charge in [0.25, 0.3) is 0 Å². The maximum absolute atomic E-state index is 10.3. The summed E-state index contributed by atoms with van der Waals surface area (Å²) in [7, 11) is 0. The van der Waals surface area contributed by atoms with Gasteiger partial charge in [-0.1, -0.05) is 0 Å². The van der Waals surface area contributed by atoms with Crippen molar-refractivity contribution in [2.75, 3.05) is 26.4 Å². The van der Waals surface area contributed by atoms with E-state index in [1.165, 1.54) is 0 Å². The molecule has 0 aromatic rings. The minimum Gasteiger partial charge on any atom is -0.391 e. The lowest BCUT2D eigenvalue weighted by molar-refractivity contribution is -0.327. The molecule has 2 atom stereocenters. The summed E-state index contributed by atoms with van der Waals surface area (Å²) in [6.07, 6.45) is 0. The van der Waals surface area contributed by atoms with Crippen LogP contribution in [0.15, 0.2) is 5.18 Å². The van der Waals surface area contributed by atoms with Gasteiger partial charge < -0.3 is 24.8 Å². The molecule has 0 aromatic heterocycles.